The predicted octanol–water partition coefficient (Wildman–Crippen LogP) is 16.7. The highest BCUT2D eigenvalue weighted by Gasteiger charge is 2.48. The summed E-state index contributed by atoms with van der Waals surface area (Å²) in [5, 5.41) is 2.25. The molecule has 0 N–H and O–H groups in total. The molecule has 9 aromatic rings. The fourth-order valence-corrected chi connectivity index (χ4v) is 11.3. The molecule has 0 amide bonds. The minimum atomic E-state index is -0.187. The maximum atomic E-state index is 7.43. The highest BCUT2D eigenvalue weighted by molar-refractivity contribution is 7.01. The van der Waals surface area contributed by atoms with Crippen LogP contribution < -0.4 is 26.2 Å². The standard InChI is InChI=1S/C65H67BN2O2/c1-38-29-45(63(7,8)9)30-39(2)59(38)68-53-37-47(65(13,14)15)36-52-58(53)66(57-49-34-44(62(4,5)6)26-28-55(49)70-61(57)68)50-32-43(56-33-42-23-19-20-24-54(42)69-56)25-27-51(50)67(52)60-40(3)31-46(64(10,11)12)35-48(60)41-21-17-16-18-22-41/h16-37H,1-15H3. The molecule has 5 heteroatoms. The van der Waals surface area contributed by atoms with Crippen LogP contribution in [0, 0.1) is 20.8 Å². The molecule has 7 aromatic carbocycles. The normalized spacial score (nSPS) is 13.8. The SMILES string of the molecule is Cc1cc(C(C)(C)C)cc(C)c1N1c2cc(C(C)(C)C)cc3c2B(c2cc(-c4cc5ccccc5o4)ccc2N3c2c(C)cc(C(C)(C)C)cc2-c2ccccc2)c2c1oc1ccc(C(C)(C)C)cc21. The van der Waals surface area contributed by atoms with Crippen molar-refractivity contribution >= 4 is 79.4 Å². The third-order valence-corrected chi connectivity index (χ3v) is 15.2. The molecule has 2 aromatic heterocycles. The van der Waals surface area contributed by atoms with Crippen molar-refractivity contribution in [2.45, 2.75) is 126 Å². The molecule has 352 valence electrons. The summed E-state index contributed by atoms with van der Waals surface area (Å²) in [6.45, 7) is 34.6. The summed E-state index contributed by atoms with van der Waals surface area (Å²) in [5.41, 5.74) is 23.3. The van der Waals surface area contributed by atoms with E-state index in [2.05, 4.69) is 241 Å². The Labute approximate surface area is 416 Å². The van der Waals surface area contributed by atoms with Gasteiger partial charge >= 0.3 is 0 Å². The molecule has 0 saturated heterocycles. The third kappa shape index (κ3) is 7.33. The third-order valence-electron chi connectivity index (χ3n) is 15.2. The minimum Gasteiger partial charge on any atom is -0.456 e. The second-order valence-corrected chi connectivity index (χ2v) is 24.5. The van der Waals surface area contributed by atoms with E-state index in [9.17, 15) is 0 Å². The van der Waals surface area contributed by atoms with Crippen LogP contribution >= 0.6 is 0 Å². The first-order chi connectivity index (χ1) is 33.0. The lowest BCUT2D eigenvalue weighted by Gasteiger charge is -2.45. The molecule has 2 aliphatic rings. The van der Waals surface area contributed by atoms with E-state index in [0.717, 1.165) is 50.5 Å². The molecule has 11 rings (SSSR count). The Morgan fingerprint density at radius 2 is 0.986 bits per heavy atom. The fraction of sp³-hybridized carbons (Fsp3) is 0.292. The summed E-state index contributed by atoms with van der Waals surface area (Å²) in [7, 11) is 0. The van der Waals surface area contributed by atoms with Crippen LogP contribution in [0.5, 0.6) is 0 Å². The predicted molar refractivity (Wildman–Crippen MR) is 300 cm³/mol. The van der Waals surface area contributed by atoms with Crippen molar-refractivity contribution in [1.29, 1.82) is 0 Å². The fourth-order valence-electron chi connectivity index (χ4n) is 11.3. The minimum absolute atomic E-state index is 0.0150. The van der Waals surface area contributed by atoms with Crippen LogP contribution in [0.4, 0.5) is 34.3 Å². The van der Waals surface area contributed by atoms with Crippen molar-refractivity contribution in [3.63, 3.8) is 0 Å². The van der Waals surface area contributed by atoms with E-state index < -0.39 is 0 Å². The lowest BCUT2D eigenvalue weighted by atomic mass is 9.33. The maximum Gasteiger partial charge on any atom is 0.257 e. The van der Waals surface area contributed by atoms with Gasteiger partial charge in [0.25, 0.3) is 6.71 Å². The molecule has 0 unspecified atom stereocenters. The Morgan fingerprint density at radius 1 is 0.414 bits per heavy atom. The second-order valence-electron chi connectivity index (χ2n) is 24.5. The van der Waals surface area contributed by atoms with Crippen LogP contribution in [-0.4, -0.2) is 6.71 Å². The lowest BCUT2D eigenvalue weighted by Crippen LogP contribution is -2.61. The van der Waals surface area contributed by atoms with Gasteiger partial charge < -0.3 is 13.7 Å². The number of aryl methyl sites for hydroxylation is 3. The number of benzene rings is 7. The number of hydrogen-bond acceptors (Lipinski definition) is 4. The van der Waals surface area contributed by atoms with E-state index in [1.165, 1.54) is 83.5 Å². The largest absolute Gasteiger partial charge is 0.456 e. The first-order valence-corrected chi connectivity index (χ1v) is 25.3. The van der Waals surface area contributed by atoms with Gasteiger partial charge in [-0.05, 0) is 152 Å². The van der Waals surface area contributed by atoms with E-state index >= 15 is 0 Å². The topological polar surface area (TPSA) is 32.8 Å². The summed E-state index contributed by atoms with van der Waals surface area (Å²) < 4.78 is 14.1. The molecular formula is C65H67BN2O2. The molecular weight excluding hydrogens is 852 g/mol. The Kier molecular flexibility index (Phi) is 10.2. The molecule has 70 heavy (non-hydrogen) atoms. The van der Waals surface area contributed by atoms with Crippen LogP contribution in [0.2, 0.25) is 0 Å². The zero-order chi connectivity index (χ0) is 49.6. The molecule has 0 saturated carbocycles. The van der Waals surface area contributed by atoms with Gasteiger partial charge in [-0.2, -0.15) is 0 Å². The summed E-state index contributed by atoms with van der Waals surface area (Å²) in [6, 6.07) is 50.2. The number of anilines is 6. The second kappa shape index (κ2) is 15.6. The van der Waals surface area contributed by atoms with Gasteiger partial charge in [0, 0.05) is 44.4 Å². The van der Waals surface area contributed by atoms with Crippen molar-refractivity contribution in [1.82, 2.24) is 0 Å². The summed E-state index contributed by atoms with van der Waals surface area (Å²) in [5.74, 6) is 1.74. The molecule has 0 aliphatic carbocycles. The van der Waals surface area contributed by atoms with E-state index in [1.54, 1.807) is 0 Å². The number of fused-ring (bicyclic) bond motifs is 7. The van der Waals surface area contributed by atoms with E-state index in [0.29, 0.717) is 0 Å². The Bertz CT molecular complexity index is 3520. The zero-order valence-corrected chi connectivity index (χ0v) is 44.0. The van der Waals surface area contributed by atoms with Gasteiger partial charge in [0.15, 0.2) is 0 Å². The maximum absolute atomic E-state index is 7.43. The van der Waals surface area contributed by atoms with Crippen molar-refractivity contribution in [2.75, 3.05) is 9.80 Å². The summed E-state index contributed by atoms with van der Waals surface area (Å²) in [6.07, 6.45) is 0. The van der Waals surface area contributed by atoms with Crippen LogP contribution in [0.15, 0.2) is 142 Å². The van der Waals surface area contributed by atoms with Gasteiger partial charge in [0.05, 0.1) is 11.4 Å². The summed E-state index contributed by atoms with van der Waals surface area (Å²) >= 11 is 0. The van der Waals surface area contributed by atoms with Gasteiger partial charge in [-0.25, -0.2) is 0 Å². The highest BCUT2D eigenvalue weighted by atomic mass is 16.4. The van der Waals surface area contributed by atoms with Crippen molar-refractivity contribution in [2.24, 2.45) is 0 Å². The Balaban J connectivity index is 1.32. The van der Waals surface area contributed by atoms with Crippen LogP contribution in [0.3, 0.4) is 0 Å². The van der Waals surface area contributed by atoms with E-state index in [4.69, 9.17) is 8.83 Å². The zero-order valence-electron chi connectivity index (χ0n) is 44.0. The van der Waals surface area contributed by atoms with Gasteiger partial charge in [-0.1, -0.05) is 162 Å². The molecule has 0 spiro atoms. The molecule has 2 aliphatic heterocycles. The Morgan fingerprint density at radius 3 is 1.61 bits per heavy atom. The quantitative estimate of drug-likeness (QED) is 0.165. The Hall–Kier alpha value is -6.72. The van der Waals surface area contributed by atoms with Gasteiger partial charge in [0.2, 0.25) is 5.88 Å². The van der Waals surface area contributed by atoms with Crippen molar-refractivity contribution in [3.8, 4) is 22.5 Å². The average Bonchev–Trinajstić information content (AvgIpc) is 3.90. The molecule has 0 bridgehead atoms. The molecule has 4 heterocycles. The first-order valence-electron chi connectivity index (χ1n) is 25.3. The lowest BCUT2D eigenvalue weighted by molar-refractivity contribution is 0.587. The van der Waals surface area contributed by atoms with Gasteiger partial charge in [-0.3, -0.25) is 4.90 Å². The highest BCUT2D eigenvalue weighted by Crippen LogP contribution is 2.52. The first kappa shape index (κ1) is 45.7. The van der Waals surface area contributed by atoms with Crippen molar-refractivity contribution < 1.29 is 8.83 Å². The average molecular weight is 919 g/mol. The molecule has 4 nitrogen and oxygen atoms in total. The van der Waals surface area contributed by atoms with E-state index in [1.807, 2.05) is 6.07 Å². The number of nitrogens with zero attached hydrogens (tertiary/aromatic N) is 2. The monoisotopic (exact) mass is 919 g/mol. The number of hydrogen-bond donors (Lipinski definition) is 0. The van der Waals surface area contributed by atoms with Crippen LogP contribution in [-0.2, 0) is 21.7 Å². The van der Waals surface area contributed by atoms with Crippen molar-refractivity contribution in [3.05, 3.63) is 172 Å². The number of rotatable bonds is 4. The van der Waals surface area contributed by atoms with E-state index in [-0.39, 0.29) is 28.4 Å². The van der Waals surface area contributed by atoms with Gasteiger partial charge in [0.1, 0.15) is 16.9 Å². The number of para-hydroxylation sites is 1. The molecule has 0 fully saturated rings. The molecule has 0 radical (unpaired) electrons. The van der Waals surface area contributed by atoms with Crippen LogP contribution in [0.25, 0.3) is 44.4 Å². The van der Waals surface area contributed by atoms with Gasteiger partial charge in [-0.15, -0.1) is 0 Å². The molecule has 0 atom stereocenters. The number of furan rings is 2. The van der Waals surface area contributed by atoms with Crippen LogP contribution in [0.1, 0.15) is 122 Å². The smallest absolute Gasteiger partial charge is 0.257 e. The summed E-state index contributed by atoms with van der Waals surface area (Å²) in [4.78, 5) is 5.13.